The molecule has 0 aromatic heterocycles. The number of anilines is 3. The molecule has 0 spiro atoms. The fraction of sp³-hybridized carbons (Fsp3) is 0.429. The van der Waals surface area contributed by atoms with Crippen LogP contribution in [0.3, 0.4) is 0 Å². The second-order valence-corrected chi connectivity index (χ2v) is 10.5. The summed E-state index contributed by atoms with van der Waals surface area (Å²) in [6.45, 7) is 3.92. The zero-order chi connectivity index (χ0) is 29.4. The number of carbonyl (C=O) groups excluding carboxylic acids is 4. The number of carbonyl (C=O) groups is 4. The minimum atomic E-state index is -0.870. The SMILES string of the molecule is COC(=O)C(CC(C)C)NCC(=O)N(C)c1ccc(NC(=O)[C@H]2C[C@@H](O)CN2C(=O)Nc2ccc(Cl)cc2)cc1. The number of amides is 4. The predicted molar refractivity (Wildman–Crippen MR) is 153 cm³/mol. The van der Waals surface area contributed by atoms with Crippen molar-refractivity contribution in [1.29, 1.82) is 0 Å². The average molecular weight is 574 g/mol. The maximum Gasteiger partial charge on any atom is 0.322 e. The van der Waals surface area contributed by atoms with Crippen molar-refractivity contribution >= 4 is 52.5 Å². The van der Waals surface area contributed by atoms with Crippen molar-refractivity contribution in [1.82, 2.24) is 10.2 Å². The second-order valence-electron chi connectivity index (χ2n) is 10.1. The van der Waals surface area contributed by atoms with Gasteiger partial charge < -0.3 is 30.3 Å². The Kier molecular flexibility index (Phi) is 10.9. The van der Waals surface area contributed by atoms with E-state index >= 15 is 0 Å². The van der Waals surface area contributed by atoms with Gasteiger partial charge >= 0.3 is 12.0 Å². The lowest BCUT2D eigenvalue weighted by Gasteiger charge is -2.24. The van der Waals surface area contributed by atoms with Gasteiger partial charge in [-0.15, -0.1) is 0 Å². The van der Waals surface area contributed by atoms with Gasteiger partial charge in [0.05, 0.1) is 19.8 Å². The third-order valence-electron chi connectivity index (χ3n) is 6.53. The molecule has 11 nitrogen and oxygen atoms in total. The predicted octanol–water partition coefficient (Wildman–Crippen LogP) is 3.09. The number of urea groups is 1. The molecule has 2 aromatic carbocycles. The van der Waals surface area contributed by atoms with Crippen LogP contribution in [-0.2, 0) is 19.1 Å². The van der Waals surface area contributed by atoms with E-state index in [2.05, 4.69) is 16.0 Å². The highest BCUT2D eigenvalue weighted by molar-refractivity contribution is 6.30. The zero-order valence-electron chi connectivity index (χ0n) is 23.0. The first-order valence-corrected chi connectivity index (χ1v) is 13.4. The van der Waals surface area contributed by atoms with E-state index in [1.54, 1.807) is 55.6 Å². The minimum absolute atomic E-state index is 0.0192. The molecule has 216 valence electrons. The van der Waals surface area contributed by atoms with E-state index in [9.17, 15) is 24.3 Å². The van der Waals surface area contributed by atoms with E-state index in [0.717, 1.165) is 0 Å². The average Bonchev–Trinajstić information content (AvgIpc) is 3.33. The Hall–Kier alpha value is -3.67. The van der Waals surface area contributed by atoms with Crippen LogP contribution in [-0.4, -0.2) is 79.3 Å². The summed E-state index contributed by atoms with van der Waals surface area (Å²) in [5, 5.41) is 19.2. The number of ether oxygens (including phenoxy) is 1. The standard InChI is InChI=1S/C28H36ClN5O6/c1-17(2)13-23(27(38)40-4)30-15-25(36)33(3)21-11-9-19(10-12-21)31-26(37)24-14-22(35)16-34(24)28(39)32-20-7-5-18(29)6-8-20/h5-12,17,22-24,30,35H,13-16H2,1-4H3,(H,31,37)(H,32,39)/t22-,23?,24-/m1/s1. The summed E-state index contributed by atoms with van der Waals surface area (Å²) in [5.41, 5.74) is 1.57. The summed E-state index contributed by atoms with van der Waals surface area (Å²) in [6, 6.07) is 11.2. The number of methoxy groups -OCH3 is 1. The lowest BCUT2D eigenvalue weighted by atomic mass is 10.0. The van der Waals surface area contributed by atoms with Crippen molar-refractivity contribution in [2.24, 2.45) is 5.92 Å². The lowest BCUT2D eigenvalue weighted by molar-refractivity contribution is -0.143. The number of hydrogen-bond donors (Lipinski definition) is 4. The van der Waals surface area contributed by atoms with E-state index in [4.69, 9.17) is 16.3 Å². The highest BCUT2D eigenvalue weighted by Crippen LogP contribution is 2.23. The van der Waals surface area contributed by atoms with E-state index in [1.807, 2.05) is 13.8 Å². The van der Waals surface area contributed by atoms with Crippen molar-refractivity contribution in [3.8, 4) is 0 Å². The number of β-amino-alcohol motifs (C(OH)–C–C–N with tert-alkyl or cyclic N) is 1. The van der Waals surface area contributed by atoms with Crippen LogP contribution in [0.2, 0.25) is 5.02 Å². The van der Waals surface area contributed by atoms with Gasteiger partial charge in [0.15, 0.2) is 0 Å². The minimum Gasteiger partial charge on any atom is -0.468 e. The first-order chi connectivity index (χ1) is 19.0. The number of nitrogens with zero attached hydrogens (tertiary/aromatic N) is 2. The Morgan fingerprint density at radius 3 is 2.25 bits per heavy atom. The molecular weight excluding hydrogens is 538 g/mol. The third-order valence-corrected chi connectivity index (χ3v) is 6.78. The van der Waals surface area contributed by atoms with Gasteiger partial charge in [-0.2, -0.15) is 0 Å². The molecule has 12 heteroatoms. The molecule has 1 unspecified atom stereocenters. The fourth-order valence-electron chi connectivity index (χ4n) is 4.36. The van der Waals surface area contributed by atoms with Crippen molar-refractivity contribution in [2.75, 3.05) is 42.8 Å². The van der Waals surface area contributed by atoms with E-state index < -0.39 is 36.1 Å². The third kappa shape index (κ3) is 8.41. The van der Waals surface area contributed by atoms with Crippen molar-refractivity contribution in [2.45, 2.75) is 44.9 Å². The smallest absolute Gasteiger partial charge is 0.322 e. The van der Waals surface area contributed by atoms with Crippen LogP contribution < -0.4 is 20.9 Å². The molecule has 2 aromatic rings. The Bertz CT molecular complexity index is 1190. The van der Waals surface area contributed by atoms with Crippen molar-refractivity contribution in [3.05, 3.63) is 53.6 Å². The molecule has 3 atom stereocenters. The molecule has 40 heavy (non-hydrogen) atoms. The molecule has 1 fully saturated rings. The van der Waals surface area contributed by atoms with Gasteiger partial charge in [-0.3, -0.25) is 19.7 Å². The normalized spacial score (nSPS) is 17.3. The number of aliphatic hydroxyl groups is 1. The number of esters is 1. The molecule has 1 aliphatic rings. The molecule has 4 N–H and O–H groups in total. The Balaban J connectivity index is 1.58. The maximum atomic E-state index is 13.0. The summed E-state index contributed by atoms with van der Waals surface area (Å²) in [5.74, 6) is -0.871. The summed E-state index contributed by atoms with van der Waals surface area (Å²) in [7, 11) is 2.93. The Morgan fingerprint density at radius 1 is 1.05 bits per heavy atom. The first-order valence-electron chi connectivity index (χ1n) is 13.0. The molecule has 0 bridgehead atoms. The largest absolute Gasteiger partial charge is 0.468 e. The van der Waals surface area contributed by atoms with Crippen molar-refractivity contribution in [3.63, 3.8) is 0 Å². The number of halogens is 1. The summed E-state index contributed by atoms with van der Waals surface area (Å²) in [6.07, 6.45) is -0.191. The van der Waals surface area contributed by atoms with Crippen LogP contribution in [0.4, 0.5) is 21.9 Å². The molecule has 1 heterocycles. The summed E-state index contributed by atoms with van der Waals surface area (Å²) >= 11 is 5.89. The van der Waals surface area contributed by atoms with Crippen LogP contribution in [0.5, 0.6) is 0 Å². The molecule has 1 saturated heterocycles. The molecule has 0 aliphatic carbocycles. The van der Waals surface area contributed by atoms with E-state index in [1.165, 1.54) is 16.9 Å². The van der Waals surface area contributed by atoms with Gasteiger partial charge in [0.2, 0.25) is 11.8 Å². The van der Waals surface area contributed by atoms with E-state index in [0.29, 0.717) is 28.5 Å². The van der Waals surface area contributed by atoms with Crippen LogP contribution in [0.25, 0.3) is 0 Å². The lowest BCUT2D eigenvalue weighted by Crippen LogP contribution is -2.45. The number of benzene rings is 2. The van der Waals surface area contributed by atoms with Gasteiger partial charge in [-0.05, 0) is 60.9 Å². The molecule has 1 aliphatic heterocycles. The Morgan fingerprint density at radius 2 is 1.65 bits per heavy atom. The van der Waals surface area contributed by atoms with Crippen LogP contribution in [0, 0.1) is 5.92 Å². The zero-order valence-corrected chi connectivity index (χ0v) is 23.8. The second kappa shape index (κ2) is 14.1. The highest BCUT2D eigenvalue weighted by Gasteiger charge is 2.39. The topological polar surface area (TPSA) is 140 Å². The number of hydrogen-bond acceptors (Lipinski definition) is 7. The van der Waals surface area contributed by atoms with E-state index in [-0.39, 0.29) is 31.3 Å². The Labute approximate surface area is 238 Å². The molecule has 0 saturated carbocycles. The first kappa shape index (κ1) is 30.9. The van der Waals surface area contributed by atoms with Crippen LogP contribution in [0.15, 0.2) is 48.5 Å². The van der Waals surface area contributed by atoms with Crippen molar-refractivity contribution < 1.29 is 29.0 Å². The summed E-state index contributed by atoms with van der Waals surface area (Å²) < 4.78 is 4.82. The molecule has 0 radical (unpaired) electrons. The van der Waals surface area contributed by atoms with Gasteiger partial charge in [-0.1, -0.05) is 25.4 Å². The maximum absolute atomic E-state index is 13.0. The number of likely N-dealkylation sites (N-methyl/N-ethyl adjacent to an activating group) is 1. The van der Waals surface area contributed by atoms with Crippen LogP contribution in [0.1, 0.15) is 26.7 Å². The van der Waals surface area contributed by atoms with Crippen LogP contribution >= 0.6 is 11.6 Å². The highest BCUT2D eigenvalue weighted by atomic mass is 35.5. The number of rotatable bonds is 10. The number of aliphatic hydroxyl groups excluding tert-OH is 1. The number of nitrogens with one attached hydrogen (secondary N) is 3. The van der Waals surface area contributed by atoms with Gasteiger partial charge in [0.25, 0.3) is 0 Å². The summed E-state index contributed by atoms with van der Waals surface area (Å²) in [4.78, 5) is 53.3. The molecule has 4 amide bonds. The number of likely N-dealkylation sites (tertiary alicyclic amines) is 1. The molecule has 3 rings (SSSR count). The quantitative estimate of drug-likeness (QED) is 0.320. The van der Waals surface area contributed by atoms with Gasteiger partial charge in [0.1, 0.15) is 12.1 Å². The fourth-order valence-corrected chi connectivity index (χ4v) is 4.48. The monoisotopic (exact) mass is 573 g/mol. The molecular formula is C28H36ClN5O6. The van der Waals surface area contributed by atoms with Gasteiger partial charge in [-0.25, -0.2) is 4.79 Å². The van der Waals surface area contributed by atoms with Gasteiger partial charge in [0, 0.05) is 42.1 Å².